The summed E-state index contributed by atoms with van der Waals surface area (Å²) < 4.78 is 0. The van der Waals surface area contributed by atoms with Gasteiger partial charge in [-0.1, -0.05) is 25.5 Å². The van der Waals surface area contributed by atoms with E-state index in [2.05, 4.69) is 6.92 Å². The summed E-state index contributed by atoms with van der Waals surface area (Å²) in [7, 11) is 0. The van der Waals surface area contributed by atoms with E-state index in [4.69, 9.17) is 5.73 Å². The maximum atomic E-state index is 12.3. The van der Waals surface area contributed by atoms with Gasteiger partial charge in [0.1, 0.15) is 0 Å². The van der Waals surface area contributed by atoms with Gasteiger partial charge in [0.05, 0.1) is 17.7 Å². The number of hydrogen-bond donors (Lipinski definition) is 1. The smallest absolute Gasteiger partial charge is 0.261 e. The van der Waals surface area contributed by atoms with Crippen LogP contribution >= 0.6 is 0 Å². The Balaban J connectivity index is 1.89. The van der Waals surface area contributed by atoms with Crippen LogP contribution in [0.2, 0.25) is 0 Å². The van der Waals surface area contributed by atoms with Gasteiger partial charge in [0.25, 0.3) is 11.8 Å². The molecule has 0 aromatic heterocycles. The van der Waals surface area contributed by atoms with Gasteiger partial charge in [-0.25, -0.2) is 0 Å². The van der Waals surface area contributed by atoms with E-state index in [1.807, 2.05) is 4.90 Å². The van der Waals surface area contributed by atoms with Crippen LogP contribution in [0.1, 0.15) is 46.9 Å². The SMILES string of the molecule is CCCCN(CCCN1C(=O)c2ccccc2C1=O)CC(N)=O. The molecule has 1 aliphatic heterocycles. The van der Waals surface area contributed by atoms with Gasteiger partial charge in [-0.2, -0.15) is 0 Å². The number of nitrogens with two attached hydrogens (primary N) is 1. The van der Waals surface area contributed by atoms with Gasteiger partial charge in [-0.3, -0.25) is 24.2 Å². The average molecular weight is 317 g/mol. The van der Waals surface area contributed by atoms with Crippen molar-refractivity contribution in [3.63, 3.8) is 0 Å². The van der Waals surface area contributed by atoms with Crippen LogP contribution in [0, 0.1) is 0 Å². The third-order valence-corrected chi connectivity index (χ3v) is 3.94. The number of unbranched alkanes of at least 4 members (excludes halogenated alkanes) is 1. The zero-order valence-electron chi connectivity index (χ0n) is 13.5. The second kappa shape index (κ2) is 7.87. The molecule has 1 aromatic rings. The number of rotatable bonds is 9. The molecule has 124 valence electrons. The summed E-state index contributed by atoms with van der Waals surface area (Å²) in [6.45, 7) is 4.08. The van der Waals surface area contributed by atoms with Gasteiger partial charge in [-0.15, -0.1) is 0 Å². The molecule has 23 heavy (non-hydrogen) atoms. The maximum absolute atomic E-state index is 12.3. The predicted octanol–water partition coefficient (Wildman–Crippen LogP) is 1.26. The normalized spacial score (nSPS) is 13.7. The molecule has 2 N–H and O–H groups in total. The first-order valence-corrected chi connectivity index (χ1v) is 8.00. The van der Waals surface area contributed by atoms with Crippen molar-refractivity contribution < 1.29 is 14.4 Å². The monoisotopic (exact) mass is 317 g/mol. The number of benzene rings is 1. The van der Waals surface area contributed by atoms with Crippen molar-refractivity contribution in [2.24, 2.45) is 5.73 Å². The molecule has 0 saturated carbocycles. The number of carbonyl (C=O) groups is 3. The molecular formula is C17H23N3O3. The maximum Gasteiger partial charge on any atom is 0.261 e. The summed E-state index contributed by atoms with van der Waals surface area (Å²) >= 11 is 0. The Morgan fingerprint density at radius 2 is 1.65 bits per heavy atom. The summed E-state index contributed by atoms with van der Waals surface area (Å²) in [5.41, 5.74) is 6.20. The lowest BCUT2D eigenvalue weighted by molar-refractivity contribution is -0.119. The molecule has 3 amide bonds. The Kier molecular flexibility index (Phi) is 5.87. The van der Waals surface area contributed by atoms with Crippen molar-refractivity contribution in [3.8, 4) is 0 Å². The number of primary amides is 1. The fourth-order valence-corrected chi connectivity index (χ4v) is 2.77. The van der Waals surface area contributed by atoms with E-state index in [0.29, 0.717) is 30.6 Å². The Labute approximate surface area is 136 Å². The standard InChI is InChI=1S/C17H23N3O3/c1-2-3-9-19(12-15(18)21)10-6-11-20-16(22)13-7-4-5-8-14(13)17(20)23/h4-5,7-8H,2-3,6,9-12H2,1H3,(H2,18,21). The van der Waals surface area contributed by atoms with Crippen LogP contribution in [0.3, 0.4) is 0 Å². The molecule has 0 bridgehead atoms. The average Bonchev–Trinajstić information content (AvgIpc) is 2.77. The number of carbonyl (C=O) groups excluding carboxylic acids is 3. The Morgan fingerprint density at radius 1 is 1.09 bits per heavy atom. The largest absolute Gasteiger partial charge is 0.369 e. The van der Waals surface area contributed by atoms with E-state index in [9.17, 15) is 14.4 Å². The van der Waals surface area contributed by atoms with Crippen molar-refractivity contribution in [3.05, 3.63) is 35.4 Å². The van der Waals surface area contributed by atoms with Crippen LogP contribution < -0.4 is 5.73 Å². The Bertz CT molecular complexity index is 566. The molecule has 6 heteroatoms. The minimum Gasteiger partial charge on any atom is -0.369 e. The molecule has 1 aliphatic rings. The lowest BCUT2D eigenvalue weighted by Gasteiger charge is -2.22. The fourth-order valence-electron chi connectivity index (χ4n) is 2.77. The van der Waals surface area contributed by atoms with Crippen LogP contribution in [-0.4, -0.2) is 53.7 Å². The molecule has 2 rings (SSSR count). The minimum absolute atomic E-state index is 0.210. The zero-order chi connectivity index (χ0) is 16.8. The van der Waals surface area contributed by atoms with Crippen molar-refractivity contribution in [1.82, 2.24) is 9.80 Å². The van der Waals surface area contributed by atoms with Gasteiger partial charge in [-0.05, 0) is 31.5 Å². The number of hydrogen-bond acceptors (Lipinski definition) is 4. The van der Waals surface area contributed by atoms with E-state index in [-0.39, 0.29) is 24.3 Å². The van der Waals surface area contributed by atoms with Crippen LogP contribution in [0.5, 0.6) is 0 Å². The van der Waals surface area contributed by atoms with Crippen molar-refractivity contribution in [1.29, 1.82) is 0 Å². The highest BCUT2D eigenvalue weighted by Crippen LogP contribution is 2.22. The lowest BCUT2D eigenvalue weighted by atomic mass is 10.1. The molecule has 0 spiro atoms. The third kappa shape index (κ3) is 4.16. The van der Waals surface area contributed by atoms with E-state index in [1.165, 1.54) is 4.90 Å². The van der Waals surface area contributed by atoms with E-state index in [1.54, 1.807) is 24.3 Å². The van der Waals surface area contributed by atoms with Crippen molar-refractivity contribution in [2.45, 2.75) is 26.2 Å². The molecule has 1 heterocycles. The highest BCUT2D eigenvalue weighted by molar-refractivity contribution is 6.21. The van der Waals surface area contributed by atoms with E-state index in [0.717, 1.165) is 19.4 Å². The van der Waals surface area contributed by atoms with Crippen molar-refractivity contribution >= 4 is 17.7 Å². The van der Waals surface area contributed by atoms with Crippen LogP contribution in [0.25, 0.3) is 0 Å². The Hall–Kier alpha value is -2.21. The van der Waals surface area contributed by atoms with Gasteiger partial charge in [0.15, 0.2) is 0 Å². The van der Waals surface area contributed by atoms with E-state index >= 15 is 0 Å². The molecule has 0 saturated heterocycles. The van der Waals surface area contributed by atoms with Crippen molar-refractivity contribution in [2.75, 3.05) is 26.2 Å². The first kappa shape index (κ1) is 17.1. The molecule has 0 aliphatic carbocycles. The zero-order valence-corrected chi connectivity index (χ0v) is 13.5. The highest BCUT2D eigenvalue weighted by Gasteiger charge is 2.34. The van der Waals surface area contributed by atoms with Crippen LogP contribution in [0.15, 0.2) is 24.3 Å². The third-order valence-electron chi connectivity index (χ3n) is 3.94. The van der Waals surface area contributed by atoms with Gasteiger partial charge in [0, 0.05) is 13.1 Å². The summed E-state index contributed by atoms with van der Waals surface area (Å²) in [5, 5.41) is 0. The number of amides is 3. The van der Waals surface area contributed by atoms with E-state index < -0.39 is 0 Å². The highest BCUT2D eigenvalue weighted by atomic mass is 16.2. The molecule has 0 unspecified atom stereocenters. The topological polar surface area (TPSA) is 83.7 Å². The molecule has 6 nitrogen and oxygen atoms in total. The Morgan fingerprint density at radius 3 is 2.17 bits per heavy atom. The summed E-state index contributed by atoms with van der Waals surface area (Å²) in [6.07, 6.45) is 2.65. The molecule has 0 radical (unpaired) electrons. The summed E-state index contributed by atoms with van der Waals surface area (Å²) in [5.74, 6) is -0.831. The first-order valence-electron chi connectivity index (χ1n) is 8.00. The minimum atomic E-state index is -0.359. The predicted molar refractivity (Wildman–Crippen MR) is 87.0 cm³/mol. The summed E-state index contributed by atoms with van der Waals surface area (Å²) in [6, 6.07) is 6.87. The fraction of sp³-hybridized carbons (Fsp3) is 0.471. The van der Waals surface area contributed by atoms with Crippen LogP contribution in [-0.2, 0) is 4.79 Å². The molecule has 1 aromatic carbocycles. The quantitative estimate of drug-likeness (QED) is 0.695. The van der Waals surface area contributed by atoms with Gasteiger partial charge in [0.2, 0.25) is 5.91 Å². The van der Waals surface area contributed by atoms with Gasteiger partial charge >= 0.3 is 0 Å². The number of fused-ring (bicyclic) bond motifs is 1. The number of imide groups is 1. The molecular weight excluding hydrogens is 294 g/mol. The molecule has 0 fully saturated rings. The number of nitrogens with zero attached hydrogens (tertiary/aromatic N) is 2. The second-order valence-corrected chi connectivity index (χ2v) is 5.76. The molecule has 0 atom stereocenters. The first-order chi connectivity index (χ1) is 11.0. The lowest BCUT2D eigenvalue weighted by Crippen LogP contribution is -2.37. The second-order valence-electron chi connectivity index (χ2n) is 5.76. The van der Waals surface area contributed by atoms with Gasteiger partial charge < -0.3 is 5.73 Å². The summed E-state index contributed by atoms with van der Waals surface area (Å²) in [4.78, 5) is 38.9. The van der Waals surface area contributed by atoms with Crippen LogP contribution in [0.4, 0.5) is 0 Å².